The van der Waals surface area contributed by atoms with E-state index in [4.69, 9.17) is 0 Å². The Labute approximate surface area is 99.6 Å². The van der Waals surface area contributed by atoms with E-state index >= 15 is 0 Å². The summed E-state index contributed by atoms with van der Waals surface area (Å²) in [7, 11) is 0. The summed E-state index contributed by atoms with van der Waals surface area (Å²) in [4.78, 5) is 22.5. The number of aryl methyl sites for hydroxylation is 1. The molecule has 1 fully saturated rings. The van der Waals surface area contributed by atoms with Crippen molar-refractivity contribution in [2.24, 2.45) is 0 Å². The second-order valence-electron chi connectivity index (χ2n) is 4.17. The van der Waals surface area contributed by atoms with Crippen molar-refractivity contribution in [3.63, 3.8) is 0 Å². The first-order chi connectivity index (χ1) is 8.13. The fourth-order valence-corrected chi connectivity index (χ4v) is 1.70. The first kappa shape index (κ1) is 11.4. The fraction of sp³-hybridized carbons (Fsp3) is 0.333. The molecule has 3 amide bonds. The minimum atomic E-state index is -0.282. The second-order valence-corrected chi connectivity index (χ2v) is 4.17. The minimum Gasteiger partial charge on any atom is -0.354 e. The monoisotopic (exact) mass is 233 g/mol. The maximum atomic E-state index is 11.6. The summed E-state index contributed by atoms with van der Waals surface area (Å²) in [6.45, 7) is 2.49. The fourth-order valence-electron chi connectivity index (χ4n) is 1.70. The lowest BCUT2D eigenvalue weighted by Crippen LogP contribution is -2.39. The number of urea groups is 1. The van der Waals surface area contributed by atoms with Crippen molar-refractivity contribution in [2.75, 3.05) is 11.9 Å². The number of amides is 3. The number of carbonyl (C=O) groups is 2. The van der Waals surface area contributed by atoms with E-state index in [-0.39, 0.29) is 18.0 Å². The Morgan fingerprint density at radius 2 is 2.06 bits per heavy atom. The zero-order valence-corrected chi connectivity index (χ0v) is 9.62. The Morgan fingerprint density at radius 3 is 2.65 bits per heavy atom. The number of carbonyl (C=O) groups excluding carboxylic acids is 2. The molecular formula is C12H15N3O2. The summed E-state index contributed by atoms with van der Waals surface area (Å²) >= 11 is 0. The zero-order chi connectivity index (χ0) is 12.3. The summed E-state index contributed by atoms with van der Waals surface area (Å²) in [6, 6.07) is 7.13. The van der Waals surface area contributed by atoms with Gasteiger partial charge >= 0.3 is 6.03 Å². The zero-order valence-electron chi connectivity index (χ0n) is 9.62. The van der Waals surface area contributed by atoms with Crippen LogP contribution in [0.3, 0.4) is 0 Å². The van der Waals surface area contributed by atoms with Crippen LogP contribution in [-0.4, -0.2) is 24.5 Å². The average Bonchev–Trinajstić information content (AvgIpc) is 2.67. The van der Waals surface area contributed by atoms with Gasteiger partial charge in [0.1, 0.15) is 0 Å². The molecule has 1 aliphatic rings. The van der Waals surface area contributed by atoms with Gasteiger partial charge in [-0.05, 0) is 19.1 Å². The molecule has 0 spiro atoms. The Kier molecular flexibility index (Phi) is 3.27. The molecule has 2 rings (SSSR count). The van der Waals surface area contributed by atoms with Gasteiger partial charge < -0.3 is 16.0 Å². The Balaban J connectivity index is 1.85. The molecule has 0 aliphatic carbocycles. The number of anilines is 1. The summed E-state index contributed by atoms with van der Waals surface area (Å²) in [5, 5.41) is 8.13. The molecule has 5 heteroatoms. The molecule has 0 radical (unpaired) electrons. The Bertz CT molecular complexity index is 428. The van der Waals surface area contributed by atoms with Gasteiger partial charge in [-0.25, -0.2) is 4.79 Å². The number of hydrogen-bond acceptors (Lipinski definition) is 2. The van der Waals surface area contributed by atoms with Crippen LogP contribution in [0.5, 0.6) is 0 Å². The Hall–Kier alpha value is -2.04. The Morgan fingerprint density at radius 1 is 1.35 bits per heavy atom. The van der Waals surface area contributed by atoms with Crippen LogP contribution < -0.4 is 16.0 Å². The molecule has 3 N–H and O–H groups in total. The van der Waals surface area contributed by atoms with E-state index in [1.165, 1.54) is 0 Å². The SMILES string of the molecule is Cc1ccc(NC(=O)N[C@H]2CNC(=O)C2)cc1. The van der Waals surface area contributed by atoms with Crippen molar-refractivity contribution in [1.82, 2.24) is 10.6 Å². The number of nitrogens with one attached hydrogen (secondary N) is 3. The van der Waals surface area contributed by atoms with Gasteiger partial charge in [0.05, 0.1) is 6.04 Å². The van der Waals surface area contributed by atoms with E-state index in [1.807, 2.05) is 31.2 Å². The molecule has 0 saturated carbocycles. The lowest BCUT2D eigenvalue weighted by molar-refractivity contribution is -0.119. The largest absolute Gasteiger partial charge is 0.354 e. The molecule has 1 heterocycles. The lowest BCUT2D eigenvalue weighted by atomic mass is 10.2. The van der Waals surface area contributed by atoms with Crippen molar-refractivity contribution >= 4 is 17.6 Å². The van der Waals surface area contributed by atoms with Gasteiger partial charge in [0, 0.05) is 18.7 Å². The molecule has 1 atom stereocenters. The standard InChI is InChI=1S/C12H15N3O2/c1-8-2-4-9(5-3-8)14-12(17)15-10-6-11(16)13-7-10/h2-5,10H,6-7H2,1H3,(H,13,16)(H2,14,15,17)/t10-/m1/s1. The quantitative estimate of drug-likeness (QED) is 0.713. The van der Waals surface area contributed by atoms with Gasteiger partial charge in [0.25, 0.3) is 0 Å². The van der Waals surface area contributed by atoms with Crippen LogP contribution in [0.2, 0.25) is 0 Å². The first-order valence-corrected chi connectivity index (χ1v) is 5.54. The van der Waals surface area contributed by atoms with Gasteiger partial charge in [-0.3, -0.25) is 4.79 Å². The maximum absolute atomic E-state index is 11.6. The van der Waals surface area contributed by atoms with Gasteiger partial charge in [-0.15, -0.1) is 0 Å². The molecule has 1 saturated heterocycles. The summed E-state index contributed by atoms with van der Waals surface area (Å²) in [5.74, 6) is -0.0226. The predicted molar refractivity (Wildman–Crippen MR) is 64.7 cm³/mol. The minimum absolute atomic E-state index is 0.0226. The van der Waals surface area contributed by atoms with Crippen LogP contribution in [-0.2, 0) is 4.79 Å². The highest BCUT2D eigenvalue weighted by Gasteiger charge is 2.22. The third-order valence-corrected chi connectivity index (χ3v) is 2.62. The molecule has 0 unspecified atom stereocenters. The van der Waals surface area contributed by atoms with Crippen LogP contribution in [0, 0.1) is 6.92 Å². The molecule has 1 aromatic carbocycles. The maximum Gasteiger partial charge on any atom is 0.319 e. The average molecular weight is 233 g/mol. The molecule has 1 aromatic rings. The van der Waals surface area contributed by atoms with Gasteiger partial charge in [0.2, 0.25) is 5.91 Å². The van der Waals surface area contributed by atoms with E-state index in [0.29, 0.717) is 13.0 Å². The van der Waals surface area contributed by atoms with Crippen molar-refractivity contribution in [1.29, 1.82) is 0 Å². The summed E-state index contributed by atoms with van der Waals surface area (Å²) in [5.41, 5.74) is 1.88. The smallest absolute Gasteiger partial charge is 0.319 e. The third-order valence-electron chi connectivity index (χ3n) is 2.62. The van der Waals surface area contributed by atoms with Gasteiger partial charge in [-0.1, -0.05) is 17.7 Å². The molecule has 17 heavy (non-hydrogen) atoms. The normalized spacial score (nSPS) is 18.6. The molecule has 0 aromatic heterocycles. The molecule has 5 nitrogen and oxygen atoms in total. The highest BCUT2D eigenvalue weighted by atomic mass is 16.2. The van der Waals surface area contributed by atoms with Crippen LogP contribution in [0.4, 0.5) is 10.5 Å². The van der Waals surface area contributed by atoms with E-state index in [9.17, 15) is 9.59 Å². The number of hydrogen-bond donors (Lipinski definition) is 3. The predicted octanol–water partition coefficient (Wildman–Crippen LogP) is 1.01. The summed E-state index contributed by atoms with van der Waals surface area (Å²) < 4.78 is 0. The van der Waals surface area contributed by atoms with Gasteiger partial charge in [-0.2, -0.15) is 0 Å². The van der Waals surface area contributed by atoms with E-state index in [2.05, 4.69) is 16.0 Å². The topological polar surface area (TPSA) is 70.2 Å². The summed E-state index contributed by atoms with van der Waals surface area (Å²) in [6.07, 6.45) is 0.349. The lowest BCUT2D eigenvalue weighted by Gasteiger charge is -2.11. The molecule has 1 aliphatic heterocycles. The second kappa shape index (κ2) is 4.86. The molecule has 90 valence electrons. The third kappa shape index (κ3) is 3.21. The van der Waals surface area contributed by atoms with E-state index in [1.54, 1.807) is 0 Å². The van der Waals surface area contributed by atoms with E-state index < -0.39 is 0 Å². The van der Waals surface area contributed by atoms with Crippen LogP contribution >= 0.6 is 0 Å². The van der Waals surface area contributed by atoms with Crippen molar-refractivity contribution in [2.45, 2.75) is 19.4 Å². The number of benzene rings is 1. The van der Waals surface area contributed by atoms with Gasteiger partial charge in [0.15, 0.2) is 0 Å². The van der Waals surface area contributed by atoms with Crippen LogP contribution in [0.15, 0.2) is 24.3 Å². The molecular weight excluding hydrogens is 218 g/mol. The van der Waals surface area contributed by atoms with Crippen LogP contribution in [0.1, 0.15) is 12.0 Å². The first-order valence-electron chi connectivity index (χ1n) is 5.54. The van der Waals surface area contributed by atoms with E-state index in [0.717, 1.165) is 11.3 Å². The van der Waals surface area contributed by atoms with Crippen molar-refractivity contribution in [3.05, 3.63) is 29.8 Å². The highest BCUT2D eigenvalue weighted by molar-refractivity contribution is 5.90. The molecule has 0 bridgehead atoms. The van der Waals surface area contributed by atoms with Crippen LogP contribution in [0.25, 0.3) is 0 Å². The number of rotatable bonds is 2. The van der Waals surface area contributed by atoms with Crippen molar-refractivity contribution in [3.8, 4) is 0 Å². The highest BCUT2D eigenvalue weighted by Crippen LogP contribution is 2.08. The van der Waals surface area contributed by atoms with Crippen molar-refractivity contribution < 1.29 is 9.59 Å².